The normalized spacial score (nSPS) is 11.0. The molecule has 0 bridgehead atoms. The monoisotopic (exact) mass is 564 g/mol. The van der Waals surface area contributed by atoms with E-state index in [0.717, 1.165) is 43.5 Å². The Labute approximate surface area is 228 Å². The summed E-state index contributed by atoms with van der Waals surface area (Å²) in [7, 11) is 0. The molecule has 3 aromatic rings. The Morgan fingerprint density at radius 1 is 0.703 bits per heavy atom. The van der Waals surface area contributed by atoms with Gasteiger partial charge in [0, 0.05) is 41.8 Å². The van der Waals surface area contributed by atoms with Crippen LogP contribution in [-0.4, -0.2) is 38.0 Å². The van der Waals surface area contributed by atoms with Crippen molar-refractivity contribution in [1.29, 1.82) is 0 Å². The molecule has 0 radical (unpaired) electrons. The van der Waals surface area contributed by atoms with Gasteiger partial charge in [0.25, 0.3) is 0 Å². The summed E-state index contributed by atoms with van der Waals surface area (Å²) < 4.78 is 1.05. The molecule has 0 atom stereocenters. The summed E-state index contributed by atoms with van der Waals surface area (Å²) in [6.07, 6.45) is 1.68. The van der Waals surface area contributed by atoms with E-state index in [1.165, 1.54) is 32.7 Å². The van der Waals surface area contributed by atoms with Gasteiger partial charge in [-0.2, -0.15) is 0 Å². The smallest absolute Gasteiger partial charge is 0.246 e. The third kappa shape index (κ3) is 7.99. The molecule has 37 heavy (non-hydrogen) atoms. The highest BCUT2D eigenvalue weighted by Gasteiger charge is 2.14. The minimum Gasteiger partial charge on any atom is -0.352 e. The van der Waals surface area contributed by atoms with E-state index in [4.69, 9.17) is 0 Å². The van der Waals surface area contributed by atoms with Crippen molar-refractivity contribution in [3.8, 4) is 0 Å². The second kappa shape index (κ2) is 14.1. The van der Waals surface area contributed by atoms with E-state index in [0.29, 0.717) is 24.2 Å². The number of carbonyl (C=O) groups is 2. The largest absolute Gasteiger partial charge is 0.352 e. The van der Waals surface area contributed by atoms with Crippen LogP contribution in [0.3, 0.4) is 0 Å². The van der Waals surface area contributed by atoms with Gasteiger partial charge >= 0.3 is 0 Å². The number of hydrogen-bond donors (Lipinski definition) is 4. The standard InChI is InChI=1S/C30H37BrN4O2/c1-20(2)29(36)34-15-7-13-32-18-27-23-9-5-6-10-24(23)28(26-17-22(31)11-12-25(26)27)19-33-14-8-16-35-30(37)21(3)4/h5-6,9-12,17,32-33H,1,3,7-8,13-16,18-19H2,2,4H3,(H,34,36)(H,35,37). The van der Waals surface area contributed by atoms with E-state index < -0.39 is 0 Å². The van der Waals surface area contributed by atoms with E-state index in [1.807, 2.05) is 0 Å². The van der Waals surface area contributed by atoms with E-state index in [2.05, 4.69) is 92.8 Å². The highest BCUT2D eigenvalue weighted by molar-refractivity contribution is 9.10. The van der Waals surface area contributed by atoms with Crippen LogP contribution < -0.4 is 21.3 Å². The maximum atomic E-state index is 11.7. The average molecular weight is 566 g/mol. The molecular formula is C30H37BrN4O2. The highest BCUT2D eigenvalue weighted by atomic mass is 79.9. The molecule has 6 nitrogen and oxygen atoms in total. The summed E-state index contributed by atoms with van der Waals surface area (Å²) in [5, 5.41) is 17.8. The lowest BCUT2D eigenvalue weighted by atomic mass is 9.91. The fraction of sp³-hybridized carbons (Fsp3) is 0.333. The maximum Gasteiger partial charge on any atom is 0.246 e. The SMILES string of the molecule is C=C(C)C(=O)NCCCNCc1c2ccccc2c(CNCCCNC(=O)C(=C)C)c2cc(Br)ccc12. The van der Waals surface area contributed by atoms with Crippen LogP contribution in [0.5, 0.6) is 0 Å². The molecule has 0 spiro atoms. The number of fused-ring (bicyclic) bond motifs is 2. The second-order valence-corrected chi connectivity index (χ2v) is 10.2. The van der Waals surface area contributed by atoms with Gasteiger partial charge in [-0.15, -0.1) is 0 Å². The summed E-state index contributed by atoms with van der Waals surface area (Å²) >= 11 is 3.66. The second-order valence-electron chi connectivity index (χ2n) is 9.33. The van der Waals surface area contributed by atoms with Crippen molar-refractivity contribution in [2.75, 3.05) is 26.2 Å². The molecule has 0 saturated carbocycles. The highest BCUT2D eigenvalue weighted by Crippen LogP contribution is 2.34. The van der Waals surface area contributed by atoms with E-state index >= 15 is 0 Å². The molecule has 4 N–H and O–H groups in total. The van der Waals surface area contributed by atoms with Gasteiger partial charge in [-0.1, -0.05) is 59.4 Å². The lowest BCUT2D eigenvalue weighted by molar-refractivity contribution is -0.118. The molecule has 3 aromatic carbocycles. The van der Waals surface area contributed by atoms with Gasteiger partial charge in [0.15, 0.2) is 0 Å². The van der Waals surface area contributed by atoms with Gasteiger partial charge in [-0.3, -0.25) is 9.59 Å². The molecule has 0 heterocycles. The molecule has 0 fully saturated rings. The van der Waals surface area contributed by atoms with Crippen LogP contribution in [0.1, 0.15) is 37.8 Å². The molecule has 3 rings (SSSR count). The van der Waals surface area contributed by atoms with Gasteiger partial charge in [0.05, 0.1) is 0 Å². The summed E-state index contributed by atoms with van der Waals surface area (Å²) in [5.41, 5.74) is 3.60. The predicted octanol–water partition coefficient (Wildman–Crippen LogP) is 5.10. The first kappa shape index (κ1) is 28.6. The van der Waals surface area contributed by atoms with Crippen LogP contribution in [0.2, 0.25) is 0 Å². The summed E-state index contributed by atoms with van der Waals surface area (Å²) in [6.45, 7) is 15.1. The average Bonchev–Trinajstić information content (AvgIpc) is 2.88. The van der Waals surface area contributed by atoms with Crippen LogP contribution in [-0.2, 0) is 22.7 Å². The van der Waals surface area contributed by atoms with Gasteiger partial charge in [0.2, 0.25) is 11.8 Å². The zero-order valence-corrected chi connectivity index (χ0v) is 23.4. The van der Waals surface area contributed by atoms with Crippen LogP contribution in [0.4, 0.5) is 0 Å². The van der Waals surface area contributed by atoms with E-state index in [-0.39, 0.29) is 11.8 Å². The van der Waals surface area contributed by atoms with Crippen LogP contribution in [0.25, 0.3) is 21.5 Å². The van der Waals surface area contributed by atoms with Crippen LogP contribution in [0.15, 0.2) is 71.2 Å². The molecular weight excluding hydrogens is 528 g/mol. The minimum absolute atomic E-state index is 0.0941. The topological polar surface area (TPSA) is 82.3 Å². The Kier molecular flexibility index (Phi) is 10.9. The molecule has 0 saturated heterocycles. The lowest BCUT2D eigenvalue weighted by Crippen LogP contribution is -2.27. The number of benzene rings is 3. The Hall–Kier alpha value is -3.00. The first-order valence-electron chi connectivity index (χ1n) is 12.7. The molecule has 0 aliphatic carbocycles. The van der Waals surface area contributed by atoms with Crippen LogP contribution in [0, 0.1) is 0 Å². The molecule has 7 heteroatoms. The predicted molar refractivity (Wildman–Crippen MR) is 157 cm³/mol. The van der Waals surface area contributed by atoms with Crippen molar-refractivity contribution >= 4 is 49.3 Å². The van der Waals surface area contributed by atoms with Gasteiger partial charge < -0.3 is 21.3 Å². The fourth-order valence-corrected chi connectivity index (χ4v) is 4.63. The van der Waals surface area contributed by atoms with E-state index in [1.54, 1.807) is 13.8 Å². The third-order valence-electron chi connectivity index (χ3n) is 6.22. The van der Waals surface area contributed by atoms with Crippen molar-refractivity contribution in [3.05, 3.63) is 82.4 Å². The van der Waals surface area contributed by atoms with Crippen molar-refractivity contribution < 1.29 is 9.59 Å². The van der Waals surface area contributed by atoms with Gasteiger partial charge in [-0.05, 0) is 84.6 Å². The molecule has 0 aliphatic heterocycles. The number of rotatable bonds is 14. The van der Waals surface area contributed by atoms with Crippen molar-refractivity contribution in [2.24, 2.45) is 0 Å². The number of halogens is 1. The number of nitrogens with one attached hydrogen (secondary N) is 4. The molecule has 0 aromatic heterocycles. The van der Waals surface area contributed by atoms with Crippen molar-refractivity contribution in [2.45, 2.75) is 39.8 Å². The summed E-state index contributed by atoms with van der Waals surface area (Å²) in [6, 6.07) is 15.0. The fourth-order valence-electron chi connectivity index (χ4n) is 4.27. The van der Waals surface area contributed by atoms with Gasteiger partial charge in [-0.25, -0.2) is 0 Å². The zero-order chi connectivity index (χ0) is 26.8. The first-order valence-corrected chi connectivity index (χ1v) is 13.5. The lowest BCUT2D eigenvalue weighted by Gasteiger charge is -2.18. The molecule has 2 amide bonds. The first-order chi connectivity index (χ1) is 17.8. The Morgan fingerprint density at radius 2 is 1.16 bits per heavy atom. The molecule has 0 aliphatic rings. The van der Waals surface area contributed by atoms with E-state index in [9.17, 15) is 9.59 Å². The minimum atomic E-state index is -0.0948. The number of carbonyl (C=O) groups excluding carboxylic acids is 2. The third-order valence-corrected chi connectivity index (χ3v) is 6.71. The maximum absolute atomic E-state index is 11.7. The zero-order valence-electron chi connectivity index (χ0n) is 21.8. The van der Waals surface area contributed by atoms with Crippen molar-refractivity contribution in [3.63, 3.8) is 0 Å². The van der Waals surface area contributed by atoms with Gasteiger partial charge in [0.1, 0.15) is 0 Å². The number of hydrogen-bond acceptors (Lipinski definition) is 4. The number of amides is 2. The van der Waals surface area contributed by atoms with Crippen LogP contribution >= 0.6 is 15.9 Å². The molecule has 196 valence electrons. The van der Waals surface area contributed by atoms with Crippen molar-refractivity contribution in [1.82, 2.24) is 21.3 Å². The summed E-state index contributed by atoms with van der Waals surface area (Å²) in [4.78, 5) is 23.3. The summed E-state index contributed by atoms with van der Waals surface area (Å²) in [5.74, 6) is -0.189. The quantitative estimate of drug-likeness (QED) is 0.125. The molecule has 0 unspecified atom stereocenters. The Balaban J connectivity index is 1.72. The Morgan fingerprint density at radius 3 is 1.65 bits per heavy atom. The Bertz CT molecular complexity index is 1300.